The molecule has 0 radical (unpaired) electrons. The lowest BCUT2D eigenvalue weighted by molar-refractivity contribution is 0.0277. The van der Waals surface area contributed by atoms with Crippen LogP contribution in [-0.2, 0) is 6.54 Å². The highest BCUT2D eigenvalue weighted by Gasteiger charge is 2.28. The normalized spacial score (nSPS) is 17.5. The van der Waals surface area contributed by atoms with E-state index in [4.69, 9.17) is 0 Å². The summed E-state index contributed by atoms with van der Waals surface area (Å²) in [5.74, 6) is 0. The van der Waals surface area contributed by atoms with E-state index in [1.54, 1.807) is 0 Å². The molecule has 1 aliphatic carbocycles. The van der Waals surface area contributed by atoms with Crippen molar-refractivity contribution in [3.63, 3.8) is 0 Å². The third kappa shape index (κ3) is 5.86. The first kappa shape index (κ1) is 17.8. The lowest BCUT2D eigenvalue weighted by Crippen LogP contribution is -2.46. The minimum Gasteiger partial charge on any atom is -0.388 e. The zero-order valence-corrected chi connectivity index (χ0v) is 14.4. The Morgan fingerprint density at radius 1 is 1.26 bits per heavy atom. The van der Waals surface area contributed by atoms with Crippen molar-refractivity contribution < 1.29 is 9.90 Å². The van der Waals surface area contributed by atoms with Crippen LogP contribution in [0.4, 0.5) is 4.79 Å². The molecule has 1 aromatic rings. The Bertz CT molecular complexity index is 505. The second-order valence-corrected chi connectivity index (χ2v) is 6.75. The molecule has 130 valence electrons. The Kier molecular flexibility index (Phi) is 6.45. The molecule has 6 heteroatoms. The van der Waals surface area contributed by atoms with Crippen molar-refractivity contribution in [3.05, 3.63) is 17.5 Å². The molecule has 0 aliphatic heterocycles. The summed E-state index contributed by atoms with van der Waals surface area (Å²) < 4.78 is 1.96. The van der Waals surface area contributed by atoms with E-state index in [2.05, 4.69) is 15.7 Å². The second kappa shape index (κ2) is 8.34. The summed E-state index contributed by atoms with van der Waals surface area (Å²) in [7, 11) is 0. The molecule has 0 unspecified atom stereocenters. The third-order valence-electron chi connectivity index (χ3n) is 4.55. The van der Waals surface area contributed by atoms with E-state index < -0.39 is 5.60 Å². The maximum absolute atomic E-state index is 11.8. The van der Waals surface area contributed by atoms with Crippen LogP contribution in [0.1, 0.15) is 56.3 Å². The number of carbonyl (C=O) groups is 1. The molecule has 3 N–H and O–H groups in total. The van der Waals surface area contributed by atoms with Gasteiger partial charge in [0.1, 0.15) is 0 Å². The number of aryl methyl sites for hydroxylation is 3. The summed E-state index contributed by atoms with van der Waals surface area (Å²) in [6, 6.07) is 1.85. The summed E-state index contributed by atoms with van der Waals surface area (Å²) in [6.45, 7) is 5.75. The number of rotatable bonds is 6. The van der Waals surface area contributed by atoms with Gasteiger partial charge in [-0.3, -0.25) is 4.68 Å². The largest absolute Gasteiger partial charge is 0.388 e. The van der Waals surface area contributed by atoms with Crippen molar-refractivity contribution in [2.75, 3.05) is 13.1 Å². The topological polar surface area (TPSA) is 79.2 Å². The number of nitrogens with zero attached hydrogens (tertiary/aromatic N) is 2. The van der Waals surface area contributed by atoms with Crippen LogP contribution in [0.3, 0.4) is 0 Å². The maximum Gasteiger partial charge on any atom is 0.314 e. The molecular weight excluding hydrogens is 292 g/mol. The van der Waals surface area contributed by atoms with Crippen LogP contribution in [0.15, 0.2) is 6.07 Å². The number of hydrogen-bond acceptors (Lipinski definition) is 3. The molecule has 1 fully saturated rings. The molecule has 2 rings (SSSR count). The van der Waals surface area contributed by atoms with Gasteiger partial charge in [0.25, 0.3) is 0 Å². The second-order valence-electron chi connectivity index (χ2n) is 6.75. The van der Waals surface area contributed by atoms with Crippen LogP contribution in [-0.4, -0.2) is 39.6 Å². The van der Waals surface area contributed by atoms with E-state index in [-0.39, 0.29) is 6.03 Å². The van der Waals surface area contributed by atoms with Gasteiger partial charge in [-0.05, 0) is 39.2 Å². The van der Waals surface area contributed by atoms with Crippen LogP contribution < -0.4 is 10.6 Å². The molecule has 6 nitrogen and oxygen atoms in total. The van der Waals surface area contributed by atoms with Crippen molar-refractivity contribution in [1.82, 2.24) is 20.4 Å². The van der Waals surface area contributed by atoms with Crippen LogP contribution in [0.5, 0.6) is 0 Å². The van der Waals surface area contributed by atoms with Crippen molar-refractivity contribution in [2.45, 2.75) is 70.9 Å². The lowest BCUT2D eigenvalue weighted by atomic mass is 9.95. The molecule has 1 aromatic heterocycles. The molecule has 2 amide bonds. The van der Waals surface area contributed by atoms with E-state index in [0.717, 1.165) is 50.0 Å². The quantitative estimate of drug-likeness (QED) is 0.555. The van der Waals surface area contributed by atoms with Crippen molar-refractivity contribution >= 4 is 6.03 Å². The molecule has 0 bridgehead atoms. The third-order valence-corrected chi connectivity index (χ3v) is 4.55. The highest BCUT2D eigenvalue weighted by atomic mass is 16.3. The van der Waals surface area contributed by atoms with Crippen LogP contribution >= 0.6 is 0 Å². The lowest BCUT2D eigenvalue weighted by Gasteiger charge is -2.26. The van der Waals surface area contributed by atoms with Gasteiger partial charge in [0.05, 0.1) is 11.3 Å². The van der Waals surface area contributed by atoms with E-state index in [0.29, 0.717) is 13.1 Å². The van der Waals surface area contributed by atoms with Gasteiger partial charge in [0.2, 0.25) is 0 Å². The number of hydrogen-bond donors (Lipinski definition) is 3. The minimum absolute atomic E-state index is 0.198. The van der Waals surface area contributed by atoms with E-state index >= 15 is 0 Å². The smallest absolute Gasteiger partial charge is 0.314 e. The van der Waals surface area contributed by atoms with Gasteiger partial charge in [-0.2, -0.15) is 5.10 Å². The summed E-state index contributed by atoms with van der Waals surface area (Å²) in [4.78, 5) is 11.8. The fourth-order valence-electron chi connectivity index (χ4n) is 3.20. The predicted molar refractivity (Wildman–Crippen MR) is 90.4 cm³/mol. The molecule has 1 saturated carbocycles. The zero-order chi connectivity index (χ0) is 16.7. The monoisotopic (exact) mass is 322 g/mol. The maximum atomic E-state index is 11.8. The molecule has 1 heterocycles. The van der Waals surface area contributed by atoms with Crippen molar-refractivity contribution in [3.8, 4) is 0 Å². The standard InChI is InChI=1S/C17H30N4O2/c1-14-12-15(2)21(20-14)11-7-10-18-16(22)19-13-17(23)8-5-3-4-6-9-17/h12,23H,3-11,13H2,1-2H3,(H2,18,19,22). The average Bonchev–Trinajstić information content (AvgIpc) is 2.70. The molecule has 0 atom stereocenters. The molecule has 0 spiro atoms. The van der Waals surface area contributed by atoms with Gasteiger partial charge in [-0.1, -0.05) is 25.7 Å². The van der Waals surface area contributed by atoms with Crippen molar-refractivity contribution in [1.29, 1.82) is 0 Å². The first-order chi connectivity index (χ1) is 11.0. The van der Waals surface area contributed by atoms with Gasteiger partial charge in [-0.25, -0.2) is 4.79 Å². The van der Waals surface area contributed by atoms with Crippen molar-refractivity contribution in [2.24, 2.45) is 0 Å². The number of amides is 2. The molecule has 1 aliphatic rings. The number of urea groups is 1. The van der Waals surface area contributed by atoms with E-state index in [1.165, 1.54) is 12.8 Å². The van der Waals surface area contributed by atoms with Crippen LogP contribution in [0.2, 0.25) is 0 Å². The van der Waals surface area contributed by atoms with Gasteiger partial charge in [0, 0.05) is 25.3 Å². The zero-order valence-electron chi connectivity index (χ0n) is 14.4. The predicted octanol–water partition coefficient (Wildman–Crippen LogP) is 2.27. The number of aliphatic hydroxyl groups is 1. The van der Waals surface area contributed by atoms with Gasteiger partial charge < -0.3 is 15.7 Å². The molecule has 23 heavy (non-hydrogen) atoms. The summed E-state index contributed by atoms with van der Waals surface area (Å²) in [5.41, 5.74) is 1.43. The Hall–Kier alpha value is -1.56. The number of aromatic nitrogens is 2. The summed E-state index contributed by atoms with van der Waals surface area (Å²) in [6.07, 6.45) is 6.85. The fraction of sp³-hybridized carbons (Fsp3) is 0.765. The number of carbonyl (C=O) groups excluding carboxylic acids is 1. The highest BCUT2D eigenvalue weighted by molar-refractivity contribution is 5.73. The van der Waals surface area contributed by atoms with E-state index in [1.807, 2.05) is 24.6 Å². The SMILES string of the molecule is Cc1cc(C)n(CCCNC(=O)NCC2(O)CCCCCC2)n1. The van der Waals surface area contributed by atoms with Gasteiger partial charge >= 0.3 is 6.03 Å². The summed E-state index contributed by atoms with van der Waals surface area (Å²) in [5, 5.41) is 20.6. The average molecular weight is 322 g/mol. The van der Waals surface area contributed by atoms with Crippen LogP contribution in [0, 0.1) is 13.8 Å². The van der Waals surface area contributed by atoms with Crippen LogP contribution in [0.25, 0.3) is 0 Å². The first-order valence-electron chi connectivity index (χ1n) is 8.74. The Morgan fingerprint density at radius 2 is 1.96 bits per heavy atom. The Balaban J connectivity index is 1.62. The minimum atomic E-state index is -0.725. The summed E-state index contributed by atoms with van der Waals surface area (Å²) >= 11 is 0. The molecule has 0 aromatic carbocycles. The first-order valence-corrected chi connectivity index (χ1v) is 8.74. The van der Waals surface area contributed by atoms with Gasteiger partial charge in [-0.15, -0.1) is 0 Å². The Morgan fingerprint density at radius 3 is 2.57 bits per heavy atom. The highest BCUT2D eigenvalue weighted by Crippen LogP contribution is 2.26. The molecular formula is C17H30N4O2. The Labute approximate surface area is 138 Å². The number of nitrogens with one attached hydrogen (secondary N) is 2. The fourth-order valence-corrected chi connectivity index (χ4v) is 3.20. The molecule has 0 saturated heterocycles. The van der Waals surface area contributed by atoms with E-state index in [9.17, 15) is 9.90 Å². The van der Waals surface area contributed by atoms with Gasteiger partial charge in [0.15, 0.2) is 0 Å².